The van der Waals surface area contributed by atoms with Gasteiger partial charge in [0, 0.05) is 15.4 Å². The van der Waals surface area contributed by atoms with Gasteiger partial charge in [0.1, 0.15) is 0 Å². The minimum atomic E-state index is -0.414. The first-order valence-electron chi connectivity index (χ1n) is 4.36. The molecule has 0 aliphatic rings. The van der Waals surface area contributed by atoms with Crippen molar-refractivity contribution < 1.29 is 4.79 Å². The van der Waals surface area contributed by atoms with Crippen molar-refractivity contribution in [3.63, 3.8) is 0 Å². The van der Waals surface area contributed by atoms with Gasteiger partial charge in [0.2, 0.25) is 5.91 Å². The fourth-order valence-corrected chi connectivity index (χ4v) is 2.37. The summed E-state index contributed by atoms with van der Waals surface area (Å²) >= 11 is 14.9. The molecule has 0 bridgehead atoms. The number of halogens is 3. The van der Waals surface area contributed by atoms with Crippen LogP contribution in [0.25, 0.3) is 0 Å². The Morgan fingerprint density at radius 3 is 2.67 bits per heavy atom. The average Bonchev–Trinajstić information content (AvgIpc) is 2.15. The number of carbonyl (C=O) groups excluding carboxylic acids is 1. The van der Waals surface area contributed by atoms with Gasteiger partial charge in [-0.2, -0.15) is 0 Å². The molecule has 1 aromatic carbocycles. The highest BCUT2D eigenvalue weighted by Crippen LogP contribution is 2.29. The van der Waals surface area contributed by atoms with Gasteiger partial charge in [0.25, 0.3) is 0 Å². The van der Waals surface area contributed by atoms with Crippen molar-refractivity contribution >= 4 is 45.0 Å². The van der Waals surface area contributed by atoms with Crippen LogP contribution in [0.15, 0.2) is 22.7 Å². The van der Waals surface area contributed by atoms with Crippen LogP contribution in [0.5, 0.6) is 0 Å². The maximum absolute atomic E-state index is 11.2. The van der Waals surface area contributed by atoms with E-state index < -0.39 is 11.8 Å². The Morgan fingerprint density at radius 2 is 2.20 bits per heavy atom. The van der Waals surface area contributed by atoms with Gasteiger partial charge in [-0.25, -0.2) is 0 Å². The van der Waals surface area contributed by atoms with Crippen LogP contribution in [0.4, 0.5) is 0 Å². The number of hydrogen-bond acceptors (Lipinski definition) is 1. The molecule has 0 radical (unpaired) electrons. The number of amides is 1. The molecule has 2 N–H and O–H groups in total. The van der Waals surface area contributed by atoms with Gasteiger partial charge < -0.3 is 5.73 Å². The van der Waals surface area contributed by atoms with E-state index in [0.29, 0.717) is 17.3 Å². The van der Waals surface area contributed by atoms with E-state index in [1.807, 2.05) is 6.07 Å². The lowest BCUT2D eigenvalue weighted by Crippen LogP contribution is -2.22. The summed E-state index contributed by atoms with van der Waals surface area (Å²) in [5.41, 5.74) is 6.02. The highest BCUT2D eigenvalue weighted by Gasteiger charge is 2.19. The van der Waals surface area contributed by atoms with Crippen LogP contribution in [0.2, 0.25) is 5.02 Å². The number of primary amides is 1. The number of carbonyl (C=O) groups is 1. The molecule has 1 rings (SSSR count). The molecule has 15 heavy (non-hydrogen) atoms. The third-order valence-electron chi connectivity index (χ3n) is 2.08. The molecule has 2 nitrogen and oxygen atoms in total. The quantitative estimate of drug-likeness (QED) is 0.852. The predicted molar refractivity (Wildman–Crippen MR) is 66.4 cm³/mol. The first-order chi connectivity index (χ1) is 7.06. The van der Waals surface area contributed by atoms with Crippen LogP contribution in [0.3, 0.4) is 0 Å². The van der Waals surface area contributed by atoms with E-state index in [-0.39, 0.29) is 0 Å². The lowest BCUT2D eigenvalue weighted by atomic mass is 9.96. The van der Waals surface area contributed by atoms with Gasteiger partial charge in [0.15, 0.2) is 0 Å². The third kappa shape index (κ3) is 3.37. The predicted octanol–water partition coefficient (Wildman–Crippen LogP) is 3.30. The molecule has 5 heteroatoms. The van der Waals surface area contributed by atoms with Crippen molar-refractivity contribution in [2.45, 2.75) is 12.3 Å². The van der Waals surface area contributed by atoms with E-state index in [4.69, 9.17) is 28.9 Å². The molecular formula is C10H10BrCl2NO. The van der Waals surface area contributed by atoms with Crippen LogP contribution in [0.1, 0.15) is 17.9 Å². The Bertz CT molecular complexity index is 370. The Labute approximate surface area is 107 Å². The monoisotopic (exact) mass is 309 g/mol. The summed E-state index contributed by atoms with van der Waals surface area (Å²) in [6.45, 7) is 0. The lowest BCUT2D eigenvalue weighted by molar-refractivity contribution is -0.119. The standard InChI is InChI=1S/C10H10BrCl2NO/c11-6-1-2-7(9(13)5-6)8(3-4-12)10(14)15/h1-2,5,8H,3-4H2,(H2,14,15). The summed E-state index contributed by atoms with van der Waals surface area (Å²) in [5, 5.41) is 0.526. The molecule has 1 amide bonds. The molecular weight excluding hydrogens is 301 g/mol. The van der Waals surface area contributed by atoms with E-state index in [2.05, 4.69) is 15.9 Å². The van der Waals surface area contributed by atoms with E-state index in [0.717, 1.165) is 10.0 Å². The smallest absolute Gasteiger partial charge is 0.225 e. The lowest BCUT2D eigenvalue weighted by Gasteiger charge is -2.13. The normalized spacial score (nSPS) is 12.5. The van der Waals surface area contributed by atoms with Gasteiger partial charge in [-0.15, -0.1) is 11.6 Å². The zero-order valence-electron chi connectivity index (χ0n) is 7.84. The molecule has 0 aliphatic carbocycles. The average molecular weight is 311 g/mol. The summed E-state index contributed by atoms with van der Waals surface area (Å²) in [5.74, 6) is -0.442. The van der Waals surface area contributed by atoms with Crippen molar-refractivity contribution in [3.8, 4) is 0 Å². The topological polar surface area (TPSA) is 43.1 Å². The highest BCUT2D eigenvalue weighted by atomic mass is 79.9. The minimum Gasteiger partial charge on any atom is -0.369 e. The minimum absolute atomic E-state index is 0.375. The molecule has 1 aromatic rings. The van der Waals surface area contributed by atoms with Crippen LogP contribution in [-0.4, -0.2) is 11.8 Å². The Hall–Kier alpha value is -0.250. The summed E-state index contributed by atoms with van der Waals surface area (Å²) in [4.78, 5) is 11.2. The van der Waals surface area contributed by atoms with Crippen molar-refractivity contribution in [1.82, 2.24) is 0 Å². The largest absolute Gasteiger partial charge is 0.369 e. The molecule has 82 valence electrons. The van der Waals surface area contributed by atoms with Crippen LogP contribution >= 0.6 is 39.1 Å². The Balaban J connectivity index is 3.05. The second-order valence-electron chi connectivity index (χ2n) is 3.10. The molecule has 0 spiro atoms. The molecule has 0 heterocycles. The maximum Gasteiger partial charge on any atom is 0.225 e. The van der Waals surface area contributed by atoms with E-state index in [1.165, 1.54) is 0 Å². The number of rotatable bonds is 4. The summed E-state index contributed by atoms with van der Waals surface area (Å²) < 4.78 is 0.866. The Morgan fingerprint density at radius 1 is 1.53 bits per heavy atom. The first-order valence-corrected chi connectivity index (χ1v) is 6.07. The van der Waals surface area contributed by atoms with Gasteiger partial charge >= 0.3 is 0 Å². The molecule has 1 atom stereocenters. The summed E-state index contributed by atoms with van der Waals surface area (Å²) in [7, 11) is 0. The van der Waals surface area contributed by atoms with E-state index >= 15 is 0 Å². The zero-order chi connectivity index (χ0) is 11.4. The molecule has 0 saturated carbocycles. The first kappa shape index (κ1) is 12.8. The summed E-state index contributed by atoms with van der Waals surface area (Å²) in [6, 6.07) is 5.35. The fourth-order valence-electron chi connectivity index (χ4n) is 1.34. The third-order valence-corrected chi connectivity index (χ3v) is 3.12. The van der Waals surface area contributed by atoms with Gasteiger partial charge in [-0.3, -0.25) is 4.79 Å². The highest BCUT2D eigenvalue weighted by molar-refractivity contribution is 9.10. The second-order valence-corrected chi connectivity index (χ2v) is 4.80. The van der Waals surface area contributed by atoms with E-state index in [1.54, 1.807) is 12.1 Å². The maximum atomic E-state index is 11.2. The van der Waals surface area contributed by atoms with E-state index in [9.17, 15) is 4.79 Å². The van der Waals surface area contributed by atoms with Gasteiger partial charge in [-0.1, -0.05) is 33.6 Å². The fraction of sp³-hybridized carbons (Fsp3) is 0.300. The molecule has 0 saturated heterocycles. The van der Waals surface area contributed by atoms with Crippen LogP contribution in [0, 0.1) is 0 Å². The zero-order valence-corrected chi connectivity index (χ0v) is 10.9. The van der Waals surface area contributed by atoms with Crippen molar-refractivity contribution in [3.05, 3.63) is 33.3 Å². The summed E-state index contributed by atoms with van der Waals surface area (Å²) in [6.07, 6.45) is 0.498. The van der Waals surface area contributed by atoms with Gasteiger partial charge in [0.05, 0.1) is 5.92 Å². The molecule has 0 fully saturated rings. The number of hydrogen-bond donors (Lipinski definition) is 1. The SMILES string of the molecule is NC(=O)C(CCCl)c1ccc(Br)cc1Cl. The number of benzene rings is 1. The number of nitrogens with two attached hydrogens (primary N) is 1. The molecule has 1 unspecified atom stereocenters. The van der Waals surface area contributed by atoms with Crippen molar-refractivity contribution in [2.75, 3.05) is 5.88 Å². The molecule has 0 aromatic heterocycles. The molecule has 0 aliphatic heterocycles. The van der Waals surface area contributed by atoms with Crippen molar-refractivity contribution in [1.29, 1.82) is 0 Å². The van der Waals surface area contributed by atoms with Gasteiger partial charge in [-0.05, 0) is 24.1 Å². The number of alkyl halides is 1. The van der Waals surface area contributed by atoms with Crippen LogP contribution < -0.4 is 5.73 Å². The second kappa shape index (κ2) is 5.73. The van der Waals surface area contributed by atoms with Crippen molar-refractivity contribution in [2.24, 2.45) is 5.73 Å². The Kier molecular flexibility index (Phi) is 4.90. The van der Waals surface area contributed by atoms with Crippen LogP contribution in [-0.2, 0) is 4.79 Å².